The average molecular weight is 339 g/mol. The second-order valence-corrected chi connectivity index (χ2v) is 7.69. The minimum Gasteiger partial charge on any atom is -0.446 e. The number of ether oxygens (including phenoxy) is 1. The number of piperidine rings is 2. The number of rotatable bonds is 2. The van der Waals surface area contributed by atoms with Crippen LogP contribution in [0.25, 0.3) is 0 Å². The molecule has 2 aliphatic heterocycles. The number of benzene rings is 1. The maximum absolute atomic E-state index is 12.3. The summed E-state index contributed by atoms with van der Waals surface area (Å²) in [4.78, 5) is 15.0. The van der Waals surface area contributed by atoms with Crippen LogP contribution in [-0.2, 0) is 4.74 Å². The van der Waals surface area contributed by atoms with Crippen LogP contribution in [0.15, 0.2) is 24.3 Å². The highest BCUT2D eigenvalue weighted by Gasteiger charge is 2.51. The fourth-order valence-corrected chi connectivity index (χ4v) is 5.13. The Morgan fingerprint density at radius 1 is 1.28 bits per heavy atom. The van der Waals surface area contributed by atoms with Gasteiger partial charge in [0.15, 0.2) is 0 Å². The lowest BCUT2D eigenvalue weighted by Gasteiger charge is -2.47. The molecule has 5 nitrogen and oxygen atoms in total. The van der Waals surface area contributed by atoms with E-state index in [4.69, 9.17) is 10.00 Å². The Morgan fingerprint density at radius 2 is 2.08 bits per heavy atom. The van der Waals surface area contributed by atoms with Crippen molar-refractivity contribution in [3.63, 3.8) is 0 Å². The van der Waals surface area contributed by atoms with Crippen molar-refractivity contribution in [3.05, 3.63) is 29.8 Å². The Balaban J connectivity index is 1.40. The van der Waals surface area contributed by atoms with E-state index in [0.29, 0.717) is 35.2 Å². The molecule has 1 aromatic carbocycles. The summed E-state index contributed by atoms with van der Waals surface area (Å²) in [5.74, 6) is 1.13. The summed E-state index contributed by atoms with van der Waals surface area (Å²) >= 11 is 0. The zero-order valence-electron chi connectivity index (χ0n) is 14.6. The zero-order valence-corrected chi connectivity index (χ0v) is 14.6. The molecule has 2 bridgehead atoms. The van der Waals surface area contributed by atoms with Gasteiger partial charge in [0.25, 0.3) is 0 Å². The molecule has 1 aliphatic carbocycles. The van der Waals surface area contributed by atoms with Crippen molar-refractivity contribution in [1.29, 1.82) is 5.26 Å². The number of nitriles is 1. The summed E-state index contributed by atoms with van der Waals surface area (Å²) in [5.41, 5.74) is 1.24. The minimum atomic E-state index is -0.378. The number of hydrogen-bond acceptors (Lipinski definition) is 4. The number of nitrogens with zero attached hydrogens (tertiary/aromatic N) is 2. The summed E-state index contributed by atoms with van der Waals surface area (Å²) in [6.45, 7) is 3.54. The maximum atomic E-state index is 12.3. The van der Waals surface area contributed by atoms with Gasteiger partial charge in [-0.05, 0) is 69.3 Å². The van der Waals surface area contributed by atoms with Gasteiger partial charge in [0, 0.05) is 23.7 Å². The van der Waals surface area contributed by atoms with E-state index in [-0.39, 0.29) is 12.2 Å². The highest BCUT2D eigenvalue weighted by molar-refractivity contribution is 5.84. The monoisotopic (exact) mass is 339 g/mol. The van der Waals surface area contributed by atoms with Gasteiger partial charge in [0.1, 0.15) is 6.10 Å². The van der Waals surface area contributed by atoms with E-state index in [1.807, 2.05) is 0 Å². The Kier molecular flexibility index (Phi) is 4.39. The lowest BCUT2D eigenvalue weighted by molar-refractivity contribution is -0.00871. The van der Waals surface area contributed by atoms with Crippen LogP contribution in [-0.4, -0.2) is 35.7 Å². The zero-order chi connectivity index (χ0) is 17.4. The number of nitrogens with one attached hydrogen (secondary N) is 1. The molecule has 0 aromatic heterocycles. The molecular formula is C20H25N3O2. The third-order valence-corrected chi connectivity index (χ3v) is 6.40. The molecule has 1 N–H and O–H groups in total. The summed E-state index contributed by atoms with van der Waals surface area (Å²) in [5, 5.41) is 11.6. The Bertz CT molecular complexity index is 681. The first-order valence-electron chi connectivity index (χ1n) is 9.39. The molecule has 2 heterocycles. The van der Waals surface area contributed by atoms with E-state index in [0.717, 1.165) is 6.42 Å². The lowest BCUT2D eigenvalue weighted by Crippen LogP contribution is -2.54. The fourth-order valence-electron chi connectivity index (χ4n) is 5.13. The number of anilines is 1. The molecule has 25 heavy (non-hydrogen) atoms. The van der Waals surface area contributed by atoms with Crippen molar-refractivity contribution in [2.45, 2.75) is 57.2 Å². The van der Waals surface area contributed by atoms with Crippen molar-refractivity contribution in [1.82, 2.24) is 4.90 Å². The van der Waals surface area contributed by atoms with Crippen LogP contribution in [0.3, 0.4) is 0 Å². The van der Waals surface area contributed by atoms with Crippen LogP contribution >= 0.6 is 0 Å². The average Bonchev–Trinajstić information content (AvgIpc) is 3.00. The summed E-state index contributed by atoms with van der Waals surface area (Å²) in [6, 6.07) is 10.1. The Labute approximate surface area is 149 Å². The molecule has 0 spiro atoms. The van der Waals surface area contributed by atoms with Crippen molar-refractivity contribution < 1.29 is 9.53 Å². The van der Waals surface area contributed by atoms with E-state index in [1.165, 1.54) is 32.2 Å². The van der Waals surface area contributed by atoms with E-state index < -0.39 is 0 Å². The largest absolute Gasteiger partial charge is 0.446 e. The molecule has 4 rings (SSSR count). The highest BCUT2D eigenvalue weighted by atomic mass is 16.6. The Morgan fingerprint density at radius 3 is 2.84 bits per heavy atom. The standard InChI is InChI=1S/C20H25N3O2/c1-13-15-10-17(18-4-2-3-9-23(13)18)19(11-15)25-20(24)22-16-7-5-14(12-21)6-8-16/h5-8,13,15,17-19H,2-4,9-11H2,1H3,(H,22,24)/t13-,15?,17?,18+,19?/m0/s1. The highest BCUT2D eigenvalue weighted by Crippen LogP contribution is 2.48. The molecule has 132 valence electrons. The molecule has 1 aromatic rings. The summed E-state index contributed by atoms with van der Waals surface area (Å²) in [7, 11) is 0. The van der Waals surface area contributed by atoms with Crippen molar-refractivity contribution in [2.75, 3.05) is 11.9 Å². The van der Waals surface area contributed by atoms with Gasteiger partial charge in [-0.3, -0.25) is 10.2 Å². The summed E-state index contributed by atoms with van der Waals surface area (Å²) < 4.78 is 5.84. The number of amides is 1. The number of fused-ring (bicyclic) bond motifs is 4. The van der Waals surface area contributed by atoms with Crippen LogP contribution in [0.2, 0.25) is 0 Å². The van der Waals surface area contributed by atoms with Crippen LogP contribution in [0.5, 0.6) is 0 Å². The van der Waals surface area contributed by atoms with E-state index >= 15 is 0 Å². The molecule has 1 amide bonds. The predicted octanol–water partition coefficient (Wildman–Crippen LogP) is 3.76. The first kappa shape index (κ1) is 16.4. The molecule has 2 saturated heterocycles. The van der Waals surface area contributed by atoms with Crippen molar-refractivity contribution in [3.8, 4) is 6.07 Å². The van der Waals surface area contributed by atoms with Crippen LogP contribution in [0.4, 0.5) is 10.5 Å². The molecular weight excluding hydrogens is 314 g/mol. The Hall–Kier alpha value is -2.06. The van der Waals surface area contributed by atoms with Crippen LogP contribution < -0.4 is 5.32 Å². The number of hydrogen-bond donors (Lipinski definition) is 1. The van der Waals surface area contributed by atoms with Gasteiger partial charge in [0.2, 0.25) is 0 Å². The van der Waals surface area contributed by atoms with Crippen LogP contribution in [0, 0.1) is 23.2 Å². The third kappa shape index (κ3) is 3.11. The first-order chi connectivity index (χ1) is 12.2. The van der Waals surface area contributed by atoms with Crippen molar-refractivity contribution in [2.24, 2.45) is 11.8 Å². The van der Waals surface area contributed by atoms with Gasteiger partial charge in [-0.2, -0.15) is 5.26 Å². The second kappa shape index (κ2) is 6.68. The molecule has 0 radical (unpaired) electrons. The second-order valence-electron chi connectivity index (χ2n) is 7.69. The van der Waals surface area contributed by atoms with E-state index in [9.17, 15) is 4.79 Å². The number of carbonyl (C=O) groups is 1. The third-order valence-electron chi connectivity index (χ3n) is 6.40. The van der Waals surface area contributed by atoms with Gasteiger partial charge in [-0.15, -0.1) is 0 Å². The van der Waals surface area contributed by atoms with Gasteiger partial charge in [-0.1, -0.05) is 6.42 Å². The van der Waals surface area contributed by atoms with Gasteiger partial charge in [0.05, 0.1) is 11.6 Å². The smallest absolute Gasteiger partial charge is 0.411 e. The number of carbonyl (C=O) groups excluding carboxylic acids is 1. The van der Waals surface area contributed by atoms with E-state index in [1.54, 1.807) is 24.3 Å². The lowest BCUT2D eigenvalue weighted by atomic mass is 9.81. The molecule has 3 aliphatic rings. The van der Waals surface area contributed by atoms with Crippen LogP contribution in [0.1, 0.15) is 44.6 Å². The molecule has 3 unspecified atom stereocenters. The predicted molar refractivity (Wildman–Crippen MR) is 95.1 cm³/mol. The van der Waals surface area contributed by atoms with Gasteiger partial charge < -0.3 is 4.74 Å². The maximum Gasteiger partial charge on any atom is 0.411 e. The normalized spacial score (nSPS) is 34.0. The molecule has 5 heteroatoms. The van der Waals surface area contributed by atoms with E-state index in [2.05, 4.69) is 23.2 Å². The molecule has 1 saturated carbocycles. The van der Waals surface area contributed by atoms with Gasteiger partial charge in [-0.25, -0.2) is 4.79 Å². The summed E-state index contributed by atoms with van der Waals surface area (Å²) in [6.07, 6.45) is 5.65. The molecule has 5 atom stereocenters. The SMILES string of the molecule is C[C@H]1C2CC(OC(=O)Nc3ccc(C#N)cc3)C(C2)[C@H]2CCCCN21. The first-order valence-corrected chi connectivity index (χ1v) is 9.39. The molecule has 3 fully saturated rings. The quantitative estimate of drug-likeness (QED) is 0.891. The fraction of sp³-hybridized carbons (Fsp3) is 0.600. The topological polar surface area (TPSA) is 65.4 Å². The van der Waals surface area contributed by atoms with Gasteiger partial charge >= 0.3 is 6.09 Å². The minimum absolute atomic E-state index is 0.0268. The van der Waals surface area contributed by atoms with Crippen molar-refractivity contribution >= 4 is 11.8 Å².